The average Bonchev–Trinajstić information content (AvgIpc) is 3.25. The summed E-state index contributed by atoms with van der Waals surface area (Å²) in [5.41, 5.74) is 3.60. The first-order valence-electron chi connectivity index (χ1n) is 8.61. The van der Waals surface area contributed by atoms with Crippen LogP contribution in [0.15, 0.2) is 46.8 Å². The first-order valence-corrected chi connectivity index (χ1v) is 11.8. The fourth-order valence-corrected chi connectivity index (χ4v) is 6.45. The van der Waals surface area contributed by atoms with Gasteiger partial charge in [-0.05, 0) is 31.2 Å². The minimum Gasteiger partial charge on any atom is -0.506 e. The van der Waals surface area contributed by atoms with Gasteiger partial charge >= 0.3 is 0 Å². The Morgan fingerprint density at radius 1 is 1.34 bits per heavy atom. The third kappa shape index (κ3) is 4.05. The first kappa shape index (κ1) is 20.3. The van der Waals surface area contributed by atoms with Gasteiger partial charge in [0, 0.05) is 5.75 Å². The lowest BCUT2D eigenvalue weighted by Crippen LogP contribution is -2.54. The fourth-order valence-electron chi connectivity index (χ4n) is 2.87. The van der Waals surface area contributed by atoms with Crippen molar-refractivity contribution in [2.75, 3.05) is 11.5 Å². The number of hydrogen-bond acceptors (Lipinski definition) is 7. The second kappa shape index (κ2) is 8.06. The number of benzene rings is 2. The van der Waals surface area contributed by atoms with Crippen LogP contribution in [0.1, 0.15) is 17.3 Å². The Labute approximate surface area is 184 Å². The number of amides is 2. The van der Waals surface area contributed by atoms with E-state index >= 15 is 0 Å². The molecule has 150 valence electrons. The maximum absolute atomic E-state index is 12.6. The van der Waals surface area contributed by atoms with Gasteiger partial charge in [-0.25, -0.2) is 9.99 Å². The molecule has 2 heterocycles. The third-order valence-corrected chi connectivity index (χ3v) is 8.72. The molecular weight excluding hydrogens is 450 g/mol. The Morgan fingerprint density at radius 2 is 2.14 bits per heavy atom. The zero-order valence-electron chi connectivity index (χ0n) is 15.2. The van der Waals surface area contributed by atoms with Crippen molar-refractivity contribution in [3.8, 4) is 5.75 Å². The van der Waals surface area contributed by atoms with Crippen LogP contribution in [0.4, 0.5) is 0 Å². The van der Waals surface area contributed by atoms with Crippen LogP contribution in [0.2, 0.25) is 5.02 Å². The molecular formula is C19H16ClN3O3S3. The topological polar surface area (TPSA) is 82.5 Å². The zero-order valence-corrected chi connectivity index (χ0v) is 18.4. The van der Waals surface area contributed by atoms with Crippen LogP contribution in [-0.2, 0) is 4.79 Å². The summed E-state index contributed by atoms with van der Waals surface area (Å²) in [5.74, 6) is -0.283. The number of para-hydroxylation sites is 2. The number of thiazole rings is 1. The maximum Gasteiger partial charge on any atom is 0.273 e. The minimum atomic E-state index is -0.649. The van der Waals surface area contributed by atoms with Gasteiger partial charge in [-0.1, -0.05) is 41.6 Å². The number of aromatic nitrogens is 1. The van der Waals surface area contributed by atoms with Gasteiger partial charge in [-0.3, -0.25) is 15.0 Å². The largest absolute Gasteiger partial charge is 0.506 e. The van der Waals surface area contributed by atoms with E-state index in [1.807, 2.05) is 31.2 Å². The van der Waals surface area contributed by atoms with Crippen LogP contribution in [0.25, 0.3) is 10.2 Å². The van der Waals surface area contributed by atoms with Crippen LogP contribution >= 0.6 is 46.5 Å². The summed E-state index contributed by atoms with van der Waals surface area (Å²) in [6.45, 7) is 1.90. The molecule has 1 aliphatic rings. The highest BCUT2D eigenvalue weighted by Gasteiger charge is 2.44. The normalized spacial score (nSPS) is 19.1. The molecule has 1 saturated heterocycles. The van der Waals surface area contributed by atoms with E-state index in [0.29, 0.717) is 5.75 Å². The van der Waals surface area contributed by atoms with Gasteiger partial charge in [0.15, 0.2) is 4.34 Å². The molecule has 4 rings (SSSR count). The molecule has 1 aliphatic heterocycles. The molecule has 6 nitrogen and oxygen atoms in total. The number of thioether (sulfide) groups is 2. The first-order chi connectivity index (χ1) is 13.9. The number of nitrogens with one attached hydrogen (secondary N) is 1. The van der Waals surface area contributed by atoms with E-state index in [1.54, 1.807) is 29.2 Å². The predicted octanol–water partition coefficient (Wildman–Crippen LogP) is 4.38. The smallest absolute Gasteiger partial charge is 0.273 e. The van der Waals surface area contributed by atoms with E-state index in [2.05, 4.69) is 10.4 Å². The molecule has 1 atom stereocenters. The lowest BCUT2D eigenvalue weighted by atomic mass is 10.2. The summed E-state index contributed by atoms with van der Waals surface area (Å²) >= 11 is 10.5. The van der Waals surface area contributed by atoms with Gasteiger partial charge in [0.05, 0.1) is 26.6 Å². The summed E-state index contributed by atoms with van der Waals surface area (Å²) in [5, 5.41) is 11.5. The number of rotatable bonds is 5. The zero-order chi connectivity index (χ0) is 20.6. The molecule has 0 spiro atoms. The second-order valence-electron chi connectivity index (χ2n) is 6.51. The molecule has 2 amide bonds. The molecule has 0 saturated carbocycles. The Bertz CT molecular complexity index is 1070. The van der Waals surface area contributed by atoms with E-state index in [9.17, 15) is 14.7 Å². The summed E-state index contributed by atoms with van der Waals surface area (Å²) < 4.78 is 2.02. The lowest BCUT2D eigenvalue weighted by molar-refractivity contribution is -0.132. The maximum atomic E-state index is 12.6. The van der Waals surface area contributed by atoms with Crippen molar-refractivity contribution in [2.45, 2.75) is 16.1 Å². The van der Waals surface area contributed by atoms with Gasteiger partial charge in [-0.2, -0.15) is 0 Å². The molecule has 1 unspecified atom stereocenters. The van der Waals surface area contributed by atoms with Gasteiger partial charge in [0.25, 0.3) is 11.8 Å². The average molecular weight is 466 g/mol. The predicted molar refractivity (Wildman–Crippen MR) is 119 cm³/mol. The SMILES string of the molecule is CC1(CSc2nc3ccccc3s2)SCC(=O)N1NC(=O)c1cccc(Cl)c1O. The molecule has 0 radical (unpaired) electrons. The number of carbonyl (C=O) groups excluding carboxylic acids is 2. The van der Waals surface area contributed by atoms with Crippen molar-refractivity contribution < 1.29 is 14.7 Å². The number of halogens is 1. The number of carbonyl (C=O) groups is 2. The highest BCUT2D eigenvalue weighted by Crippen LogP contribution is 2.41. The summed E-state index contributed by atoms with van der Waals surface area (Å²) in [7, 11) is 0. The van der Waals surface area contributed by atoms with E-state index in [4.69, 9.17) is 11.6 Å². The Hall–Kier alpha value is -1.94. The van der Waals surface area contributed by atoms with Crippen LogP contribution < -0.4 is 5.43 Å². The van der Waals surface area contributed by atoms with Crippen molar-refractivity contribution in [3.63, 3.8) is 0 Å². The molecule has 1 fully saturated rings. The van der Waals surface area contributed by atoms with Crippen molar-refractivity contribution in [2.24, 2.45) is 0 Å². The highest BCUT2D eigenvalue weighted by atomic mass is 35.5. The Balaban J connectivity index is 1.50. The van der Waals surface area contributed by atoms with E-state index < -0.39 is 10.8 Å². The van der Waals surface area contributed by atoms with Crippen molar-refractivity contribution in [3.05, 3.63) is 53.1 Å². The standard InChI is InChI=1S/C19H16ClN3O3S3/c1-19(10-27-18-21-13-7-2-3-8-14(13)29-18)23(15(24)9-28-19)22-17(26)11-5-4-6-12(20)16(11)25/h2-8,25H,9-10H2,1H3,(H,22,26). The van der Waals surface area contributed by atoms with Crippen molar-refractivity contribution in [1.29, 1.82) is 0 Å². The summed E-state index contributed by atoms with van der Waals surface area (Å²) in [6, 6.07) is 12.4. The summed E-state index contributed by atoms with van der Waals surface area (Å²) in [6.07, 6.45) is 0. The fraction of sp³-hybridized carbons (Fsp3) is 0.211. The monoisotopic (exact) mass is 465 g/mol. The van der Waals surface area contributed by atoms with Crippen molar-refractivity contribution in [1.82, 2.24) is 15.4 Å². The van der Waals surface area contributed by atoms with Gasteiger partial charge in [0.1, 0.15) is 10.6 Å². The number of hydrogen-bond donors (Lipinski definition) is 2. The number of hydrazine groups is 1. The molecule has 1 aromatic heterocycles. The molecule has 3 aromatic rings. The van der Waals surface area contributed by atoms with Gasteiger partial charge < -0.3 is 5.11 Å². The number of phenols is 1. The van der Waals surface area contributed by atoms with E-state index in [0.717, 1.165) is 14.6 Å². The van der Waals surface area contributed by atoms with Gasteiger partial charge in [-0.15, -0.1) is 23.1 Å². The molecule has 0 aliphatic carbocycles. The molecule has 10 heteroatoms. The van der Waals surface area contributed by atoms with Crippen LogP contribution in [-0.4, -0.2) is 43.3 Å². The molecule has 2 N–H and O–H groups in total. The van der Waals surface area contributed by atoms with E-state index in [1.165, 1.54) is 28.9 Å². The molecule has 29 heavy (non-hydrogen) atoms. The molecule has 0 bridgehead atoms. The third-order valence-electron chi connectivity index (χ3n) is 4.41. The number of aromatic hydroxyl groups is 1. The van der Waals surface area contributed by atoms with Crippen molar-refractivity contribution >= 4 is 68.5 Å². The van der Waals surface area contributed by atoms with Crippen LogP contribution in [0.5, 0.6) is 5.75 Å². The number of phenolic OH excluding ortho intramolecular Hbond substituents is 1. The number of nitrogens with zero attached hydrogens (tertiary/aromatic N) is 2. The van der Waals surface area contributed by atoms with Gasteiger partial charge in [0.2, 0.25) is 0 Å². The number of fused-ring (bicyclic) bond motifs is 1. The Kier molecular flexibility index (Phi) is 5.65. The lowest BCUT2D eigenvalue weighted by Gasteiger charge is -2.33. The van der Waals surface area contributed by atoms with Crippen LogP contribution in [0.3, 0.4) is 0 Å². The second-order valence-corrected chi connectivity index (χ2v) is 10.6. The summed E-state index contributed by atoms with van der Waals surface area (Å²) in [4.78, 5) is 29.1. The highest BCUT2D eigenvalue weighted by molar-refractivity contribution is 8.05. The molecule has 2 aromatic carbocycles. The minimum absolute atomic E-state index is 0.0170. The van der Waals surface area contributed by atoms with E-state index in [-0.39, 0.29) is 28.0 Å². The quantitative estimate of drug-likeness (QED) is 0.544. The van der Waals surface area contributed by atoms with Crippen LogP contribution in [0, 0.1) is 0 Å². The Morgan fingerprint density at radius 3 is 2.93 bits per heavy atom.